The molecule has 0 aromatic carbocycles. The van der Waals surface area contributed by atoms with E-state index in [-0.39, 0.29) is 23.2 Å². The monoisotopic (exact) mass is 394 g/mol. The minimum Gasteiger partial charge on any atom is -0.375 e. The van der Waals surface area contributed by atoms with Gasteiger partial charge in [-0.3, -0.25) is 4.79 Å². The molecule has 1 aromatic heterocycles. The third kappa shape index (κ3) is 4.30. The summed E-state index contributed by atoms with van der Waals surface area (Å²) in [5.41, 5.74) is 0.951. The first-order chi connectivity index (χ1) is 13.0. The molecule has 3 heterocycles. The predicted molar refractivity (Wildman–Crippen MR) is 98.3 cm³/mol. The number of amides is 1. The molecule has 1 saturated carbocycles. The summed E-state index contributed by atoms with van der Waals surface area (Å²) in [6, 6.07) is 0. The topological polar surface area (TPSA) is 92.7 Å². The second-order valence-electron chi connectivity index (χ2n) is 7.65. The summed E-state index contributed by atoms with van der Waals surface area (Å²) in [4.78, 5) is 22.4. The minimum absolute atomic E-state index is 0.0813. The van der Waals surface area contributed by atoms with Crippen LogP contribution in [0.4, 0.5) is 0 Å². The summed E-state index contributed by atoms with van der Waals surface area (Å²) >= 11 is 0. The van der Waals surface area contributed by atoms with Crippen molar-refractivity contribution in [3.05, 3.63) is 24.3 Å². The molecule has 1 aromatic rings. The van der Waals surface area contributed by atoms with Crippen LogP contribution in [0, 0.1) is 5.92 Å². The molecule has 0 spiro atoms. The molecule has 3 aliphatic rings. The Morgan fingerprint density at radius 1 is 1.15 bits per heavy atom. The van der Waals surface area contributed by atoms with Crippen molar-refractivity contribution in [1.82, 2.24) is 19.2 Å². The Morgan fingerprint density at radius 3 is 2.67 bits per heavy atom. The lowest BCUT2D eigenvalue weighted by Gasteiger charge is -2.38. The van der Waals surface area contributed by atoms with Crippen molar-refractivity contribution in [3.8, 4) is 0 Å². The van der Waals surface area contributed by atoms with Crippen LogP contribution >= 0.6 is 0 Å². The Hall–Kier alpha value is -1.58. The van der Waals surface area contributed by atoms with Crippen molar-refractivity contribution in [2.45, 2.75) is 43.5 Å². The number of fused-ring (bicyclic) bond motifs is 1. The molecular formula is C18H26N4O4S. The Kier molecular flexibility index (Phi) is 5.43. The number of aromatic nitrogens is 2. The average molecular weight is 394 g/mol. The minimum atomic E-state index is -3.17. The molecule has 0 unspecified atom stereocenters. The smallest absolute Gasteiger partial charge is 0.222 e. The van der Waals surface area contributed by atoms with Gasteiger partial charge >= 0.3 is 0 Å². The summed E-state index contributed by atoms with van der Waals surface area (Å²) in [5, 5.41) is -0.183. The van der Waals surface area contributed by atoms with E-state index in [0.717, 1.165) is 24.8 Å². The lowest BCUT2D eigenvalue weighted by Crippen LogP contribution is -2.49. The maximum atomic E-state index is 12.6. The molecule has 1 aliphatic carbocycles. The number of hydrogen-bond donors (Lipinski definition) is 0. The van der Waals surface area contributed by atoms with Crippen LogP contribution in [-0.2, 0) is 26.0 Å². The van der Waals surface area contributed by atoms with Gasteiger partial charge < -0.3 is 9.64 Å². The Bertz CT molecular complexity index is 769. The van der Waals surface area contributed by atoms with Crippen LogP contribution in [0.5, 0.6) is 0 Å². The number of ether oxygens (including phenoxy) is 1. The first-order valence-electron chi connectivity index (χ1n) is 9.66. The molecule has 148 valence electrons. The third-order valence-electron chi connectivity index (χ3n) is 5.71. The summed E-state index contributed by atoms with van der Waals surface area (Å²) in [6.45, 7) is 2.55. The van der Waals surface area contributed by atoms with Gasteiger partial charge in [-0.1, -0.05) is 0 Å². The van der Waals surface area contributed by atoms with E-state index < -0.39 is 10.0 Å². The highest BCUT2D eigenvalue weighted by atomic mass is 32.2. The molecular weight excluding hydrogens is 368 g/mol. The maximum absolute atomic E-state index is 12.6. The van der Waals surface area contributed by atoms with Crippen LogP contribution in [0.15, 0.2) is 18.7 Å². The van der Waals surface area contributed by atoms with E-state index >= 15 is 0 Å². The summed E-state index contributed by atoms with van der Waals surface area (Å²) in [5.74, 6) is 0.264. The van der Waals surface area contributed by atoms with E-state index in [2.05, 4.69) is 9.97 Å². The number of hydrogen-bond acceptors (Lipinski definition) is 6. The van der Waals surface area contributed by atoms with Crippen molar-refractivity contribution in [3.63, 3.8) is 0 Å². The Morgan fingerprint density at radius 2 is 1.93 bits per heavy atom. The van der Waals surface area contributed by atoms with Crippen LogP contribution in [-0.4, -0.2) is 77.6 Å². The molecule has 2 saturated heterocycles. The van der Waals surface area contributed by atoms with E-state index in [4.69, 9.17) is 4.74 Å². The Labute approximate surface area is 160 Å². The van der Waals surface area contributed by atoms with Gasteiger partial charge in [0.05, 0.1) is 18.0 Å². The van der Waals surface area contributed by atoms with Gasteiger partial charge in [0.2, 0.25) is 15.9 Å². The van der Waals surface area contributed by atoms with E-state index in [9.17, 15) is 13.2 Å². The number of likely N-dealkylation sites (tertiary alicyclic amines) is 1. The number of rotatable bonds is 5. The van der Waals surface area contributed by atoms with Gasteiger partial charge in [-0.2, -0.15) is 4.31 Å². The summed E-state index contributed by atoms with van der Waals surface area (Å²) in [6.07, 6.45) is 8.25. The fourth-order valence-electron chi connectivity index (χ4n) is 3.92. The van der Waals surface area contributed by atoms with Gasteiger partial charge in [0.25, 0.3) is 0 Å². The zero-order valence-electron chi connectivity index (χ0n) is 15.4. The largest absolute Gasteiger partial charge is 0.375 e. The van der Waals surface area contributed by atoms with Crippen LogP contribution in [0.3, 0.4) is 0 Å². The van der Waals surface area contributed by atoms with Gasteiger partial charge in [-0.15, -0.1) is 0 Å². The van der Waals surface area contributed by atoms with Gasteiger partial charge in [0.1, 0.15) is 6.33 Å². The second-order valence-corrected chi connectivity index (χ2v) is 9.86. The molecule has 8 nitrogen and oxygen atoms in total. The third-order valence-corrected chi connectivity index (χ3v) is 8.07. The van der Waals surface area contributed by atoms with Gasteiger partial charge in [-0.05, 0) is 31.2 Å². The van der Waals surface area contributed by atoms with Gasteiger partial charge in [0.15, 0.2) is 0 Å². The Balaban J connectivity index is 1.32. The number of sulfonamides is 1. The standard InChI is InChI=1S/C18H26N4O4S/c23-18(4-1-14-9-19-13-20-10-14)21-6-5-15-11-22(7-8-26-17(15)12-21)27(24,25)16-2-3-16/h9-10,13,15-17H,1-8,11-12H2/t15-,17-/m1/s1. The number of carbonyl (C=O) groups is 1. The van der Waals surface area contributed by atoms with E-state index in [1.54, 1.807) is 16.7 Å². The van der Waals surface area contributed by atoms with Crippen molar-refractivity contribution in [2.24, 2.45) is 5.92 Å². The number of piperidine rings is 1. The SMILES string of the molecule is O=C(CCc1cncnc1)N1CC[C@@H]2CN(S(=O)(=O)C3CC3)CCO[C@@H]2C1. The predicted octanol–water partition coefficient (Wildman–Crippen LogP) is 0.451. The summed E-state index contributed by atoms with van der Waals surface area (Å²) in [7, 11) is -3.17. The average Bonchev–Trinajstić information content (AvgIpc) is 3.53. The van der Waals surface area contributed by atoms with Crippen molar-refractivity contribution < 1.29 is 17.9 Å². The molecule has 0 bridgehead atoms. The lowest BCUT2D eigenvalue weighted by molar-refractivity contribution is -0.136. The van der Waals surface area contributed by atoms with Crippen LogP contribution in [0.2, 0.25) is 0 Å². The molecule has 2 aliphatic heterocycles. The van der Waals surface area contributed by atoms with Crippen molar-refractivity contribution in [2.75, 3.05) is 32.8 Å². The molecule has 0 N–H and O–H groups in total. The van der Waals surface area contributed by atoms with Crippen molar-refractivity contribution in [1.29, 1.82) is 0 Å². The normalized spacial score (nSPS) is 27.0. The van der Waals surface area contributed by atoms with Gasteiger partial charge in [-0.25, -0.2) is 18.4 Å². The van der Waals surface area contributed by atoms with Gasteiger partial charge in [0, 0.05) is 50.9 Å². The first kappa shape index (κ1) is 18.8. The fourth-order valence-corrected chi connectivity index (χ4v) is 5.81. The zero-order valence-corrected chi connectivity index (χ0v) is 16.2. The quantitative estimate of drug-likeness (QED) is 0.720. The molecule has 27 heavy (non-hydrogen) atoms. The number of aryl methyl sites for hydroxylation is 1. The highest BCUT2D eigenvalue weighted by Crippen LogP contribution is 2.33. The zero-order chi connectivity index (χ0) is 18.9. The molecule has 3 fully saturated rings. The molecule has 9 heteroatoms. The highest BCUT2D eigenvalue weighted by Gasteiger charge is 2.43. The van der Waals surface area contributed by atoms with E-state index in [0.29, 0.717) is 45.6 Å². The first-order valence-corrected chi connectivity index (χ1v) is 11.2. The van der Waals surface area contributed by atoms with Crippen LogP contribution < -0.4 is 0 Å². The number of carbonyl (C=O) groups excluding carboxylic acids is 1. The molecule has 4 rings (SSSR count). The molecule has 0 radical (unpaired) electrons. The lowest BCUT2D eigenvalue weighted by atomic mass is 9.93. The molecule has 2 atom stereocenters. The van der Waals surface area contributed by atoms with Crippen LogP contribution in [0.1, 0.15) is 31.2 Å². The summed E-state index contributed by atoms with van der Waals surface area (Å²) < 4.78 is 32.7. The van der Waals surface area contributed by atoms with Crippen LogP contribution in [0.25, 0.3) is 0 Å². The van der Waals surface area contributed by atoms with Crippen molar-refractivity contribution >= 4 is 15.9 Å². The second kappa shape index (κ2) is 7.81. The maximum Gasteiger partial charge on any atom is 0.222 e. The fraction of sp³-hybridized carbons (Fsp3) is 0.722. The van der Waals surface area contributed by atoms with E-state index in [1.165, 1.54) is 6.33 Å². The molecule has 1 amide bonds. The van der Waals surface area contributed by atoms with E-state index in [1.807, 2.05) is 4.90 Å². The highest BCUT2D eigenvalue weighted by molar-refractivity contribution is 7.90. The number of nitrogens with zero attached hydrogens (tertiary/aromatic N) is 4.